The zero-order valence-electron chi connectivity index (χ0n) is 40.9. The van der Waals surface area contributed by atoms with Crippen molar-refractivity contribution in [3.63, 3.8) is 0 Å². The fourth-order valence-corrected chi connectivity index (χ4v) is 10.3. The molecule has 5 heterocycles. The minimum atomic E-state index is -1.18. The number of carbonyl (C=O) groups excluding carboxylic acids is 5. The van der Waals surface area contributed by atoms with Crippen LogP contribution in [0.1, 0.15) is 90.2 Å². The number of methoxy groups -OCH3 is 1. The van der Waals surface area contributed by atoms with Crippen molar-refractivity contribution in [2.24, 2.45) is 17.3 Å². The maximum absolute atomic E-state index is 14.7. The number of amides is 4. The summed E-state index contributed by atoms with van der Waals surface area (Å²) >= 11 is 0. The van der Waals surface area contributed by atoms with Gasteiger partial charge in [-0.15, -0.1) is 0 Å². The molecule has 4 amide bonds. The molecule has 2 saturated heterocycles. The molecule has 4 aromatic rings. The topological polar surface area (TPSA) is 198 Å². The van der Waals surface area contributed by atoms with E-state index < -0.39 is 47.2 Å². The molecule has 0 spiro atoms. The summed E-state index contributed by atoms with van der Waals surface area (Å²) in [4.78, 5) is 77.7. The number of hydrazine groups is 1. The first-order valence-corrected chi connectivity index (χ1v) is 24.2. The third kappa shape index (κ3) is 10.1. The van der Waals surface area contributed by atoms with Gasteiger partial charge < -0.3 is 34.3 Å². The molecule has 6 atom stereocenters. The van der Waals surface area contributed by atoms with Gasteiger partial charge in [0.2, 0.25) is 17.7 Å². The lowest BCUT2D eigenvalue weighted by Gasteiger charge is -2.37. The summed E-state index contributed by atoms with van der Waals surface area (Å²) in [5.74, 6) is -1.96. The second kappa shape index (κ2) is 19.6. The number of nitrogens with zero attached hydrogens (tertiary/aromatic N) is 5. The first kappa shape index (κ1) is 48.6. The Hall–Kier alpha value is -5.84. The molecule has 364 valence electrons. The second-order valence-electron chi connectivity index (χ2n) is 20.4. The van der Waals surface area contributed by atoms with Gasteiger partial charge in [0.05, 0.1) is 30.6 Å². The number of carbonyl (C=O) groups is 5. The monoisotopic (exact) mass is 933 g/mol. The van der Waals surface area contributed by atoms with E-state index in [0.29, 0.717) is 42.9 Å². The van der Waals surface area contributed by atoms with Crippen molar-refractivity contribution in [1.29, 1.82) is 0 Å². The zero-order chi connectivity index (χ0) is 48.8. The van der Waals surface area contributed by atoms with Crippen molar-refractivity contribution in [2.45, 2.75) is 123 Å². The van der Waals surface area contributed by atoms with Crippen LogP contribution in [0, 0.1) is 17.3 Å². The van der Waals surface area contributed by atoms with Gasteiger partial charge in [-0.2, -0.15) is 0 Å². The summed E-state index contributed by atoms with van der Waals surface area (Å²) in [6.45, 7) is 12.7. The van der Waals surface area contributed by atoms with Crippen LogP contribution in [0.25, 0.3) is 33.3 Å². The average molecular weight is 933 g/mol. The molecule has 1 saturated carbocycles. The smallest absolute Gasteiger partial charge is 0.324 e. The van der Waals surface area contributed by atoms with Gasteiger partial charge in [0.1, 0.15) is 29.9 Å². The molecule has 3 fully saturated rings. The first-order chi connectivity index (χ1) is 32.4. The van der Waals surface area contributed by atoms with Gasteiger partial charge in [-0.05, 0) is 116 Å². The van der Waals surface area contributed by atoms with Crippen LogP contribution >= 0.6 is 0 Å². The molecule has 1 aliphatic carbocycles. The highest BCUT2D eigenvalue weighted by molar-refractivity contribution is 5.96. The number of rotatable bonds is 12. The minimum Gasteiger partial charge on any atom is -0.508 e. The Balaban J connectivity index is 1.16. The van der Waals surface area contributed by atoms with E-state index in [4.69, 9.17) is 14.5 Å². The lowest BCUT2D eigenvalue weighted by Crippen LogP contribution is -2.62. The van der Waals surface area contributed by atoms with Crippen LogP contribution in [0.2, 0.25) is 0 Å². The Morgan fingerprint density at radius 2 is 1.81 bits per heavy atom. The summed E-state index contributed by atoms with van der Waals surface area (Å²) in [5.41, 5.74) is 9.52. The van der Waals surface area contributed by atoms with Crippen molar-refractivity contribution in [3.8, 4) is 28.1 Å². The van der Waals surface area contributed by atoms with E-state index in [1.54, 1.807) is 39.5 Å². The van der Waals surface area contributed by atoms with Crippen LogP contribution < -0.4 is 16.1 Å². The number of nitrogens with one attached hydrogen (secondary N) is 3. The van der Waals surface area contributed by atoms with E-state index >= 15 is 0 Å². The summed E-state index contributed by atoms with van der Waals surface area (Å²) < 4.78 is 14.2. The molecular weight excluding hydrogens is 865 g/mol. The number of fused-ring (bicyclic) bond motifs is 6. The molecule has 6 bridgehead atoms. The summed E-state index contributed by atoms with van der Waals surface area (Å²) in [6.07, 6.45) is 5.15. The molecule has 0 unspecified atom stereocenters. The molecule has 16 nitrogen and oxygen atoms in total. The van der Waals surface area contributed by atoms with Crippen LogP contribution in [0.5, 0.6) is 5.75 Å². The van der Waals surface area contributed by atoms with Gasteiger partial charge in [-0.25, -0.2) is 5.43 Å². The summed E-state index contributed by atoms with van der Waals surface area (Å²) in [6, 6.07) is 12.3. The molecule has 3 aliphatic heterocycles. The molecule has 8 rings (SSSR count). The van der Waals surface area contributed by atoms with Gasteiger partial charge in [-0.1, -0.05) is 39.8 Å². The van der Waals surface area contributed by atoms with Gasteiger partial charge in [0, 0.05) is 74.8 Å². The van der Waals surface area contributed by atoms with E-state index in [-0.39, 0.29) is 61.9 Å². The van der Waals surface area contributed by atoms with E-state index in [9.17, 15) is 29.1 Å². The minimum absolute atomic E-state index is 0.0148. The van der Waals surface area contributed by atoms with Crippen molar-refractivity contribution in [2.75, 3.05) is 40.9 Å². The Morgan fingerprint density at radius 3 is 2.51 bits per heavy atom. The Morgan fingerprint density at radius 1 is 1.04 bits per heavy atom. The van der Waals surface area contributed by atoms with Crippen molar-refractivity contribution < 1.29 is 38.6 Å². The fraction of sp³-hybridized carbons (Fsp3) is 0.538. The Labute approximate surface area is 399 Å². The zero-order valence-corrected chi connectivity index (χ0v) is 40.9. The van der Waals surface area contributed by atoms with E-state index in [2.05, 4.69) is 59.6 Å². The molecular formula is C52H68N8O8. The normalized spacial score (nSPS) is 22.5. The predicted octanol–water partition coefficient (Wildman–Crippen LogP) is 5.14. The maximum Gasteiger partial charge on any atom is 0.324 e. The largest absolute Gasteiger partial charge is 0.508 e. The number of esters is 1. The average Bonchev–Trinajstić information content (AvgIpc) is 4.26. The standard InChI is InChI=1S/C52H68N8O8/c1-10-59-41-18-17-33-25-37(41)38(47(59)36-13-11-19-53-43(36)30(4)67-9)26-52(5,6)28-68-51(66)39-14-12-20-60(56-39)49(64)40(23-31-21-34(33)24-35(61)22-31)54-48(63)46(29(2)3)58(8)42(62)27-57(7)50(65)45-44(55-45)32-15-16-32/h11,13,17-19,21-22,24-25,29-30,32,39-40,44-46,55-56,61H,10,12,14-16,20,23,26-28H2,1-9H3,(H,54,63)/t30-,39-,40-,44-,45-,46-/m0/s1. The number of hydrogen-bond donors (Lipinski definition) is 4. The quantitative estimate of drug-likeness (QED) is 0.108. The number of ether oxygens (including phenoxy) is 2. The van der Waals surface area contributed by atoms with E-state index in [0.717, 1.165) is 51.8 Å². The highest BCUT2D eigenvalue weighted by Crippen LogP contribution is 2.43. The van der Waals surface area contributed by atoms with Crippen LogP contribution in [0.4, 0.5) is 0 Å². The third-order valence-electron chi connectivity index (χ3n) is 14.2. The number of aromatic nitrogens is 2. The number of phenolic OH excluding ortho intramolecular Hbond substituents is 1. The van der Waals surface area contributed by atoms with Gasteiger partial charge in [0.25, 0.3) is 5.91 Å². The molecule has 4 aliphatic rings. The van der Waals surface area contributed by atoms with Crippen LogP contribution in [0.15, 0.2) is 54.7 Å². The second-order valence-corrected chi connectivity index (χ2v) is 20.4. The number of aromatic hydroxyl groups is 1. The number of cyclic esters (lactones) is 1. The predicted molar refractivity (Wildman–Crippen MR) is 258 cm³/mol. The van der Waals surface area contributed by atoms with Crippen molar-refractivity contribution in [1.82, 2.24) is 40.4 Å². The molecule has 2 aromatic heterocycles. The van der Waals surface area contributed by atoms with Crippen molar-refractivity contribution >= 4 is 40.5 Å². The Bertz CT molecular complexity index is 2590. The SMILES string of the molecule is CCn1c(-c2cccnc2[C@H](C)OC)c2c3cc(ccc31)-c1cc(O)cc(c1)C[C@H](NC(=O)[C@H](C(C)C)N(C)C(=O)CN(C)C(=O)[C@H]1N[C@H]1C1CC1)C(=O)N1CCC[C@H](N1)C(=O)OCC(C)(C)C2. The number of phenols is 1. The van der Waals surface area contributed by atoms with Crippen LogP contribution in [-0.4, -0.2) is 130 Å². The molecule has 4 N–H and O–H groups in total. The number of aryl methyl sites for hydroxylation is 1. The van der Waals surface area contributed by atoms with E-state index in [1.807, 2.05) is 39.0 Å². The number of hydrogen-bond acceptors (Lipinski definition) is 11. The van der Waals surface area contributed by atoms with E-state index in [1.165, 1.54) is 14.8 Å². The maximum atomic E-state index is 14.7. The molecule has 68 heavy (non-hydrogen) atoms. The number of likely N-dealkylation sites (N-methyl/N-ethyl adjacent to an activating group) is 2. The highest BCUT2D eigenvalue weighted by Gasteiger charge is 2.52. The van der Waals surface area contributed by atoms with Crippen molar-refractivity contribution in [3.05, 3.63) is 71.5 Å². The van der Waals surface area contributed by atoms with Gasteiger partial charge >= 0.3 is 5.97 Å². The lowest BCUT2D eigenvalue weighted by molar-refractivity contribution is -0.155. The van der Waals surface area contributed by atoms with Crippen LogP contribution in [0.3, 0.4) is 0 Å². The third-order valence-corrected chi connectivity index (χ3v) is 14.2. The number of pyridine rings is 1. The Kier molecular flexibility index (Phi) is 14.0. The van der Waals surface area contributed by atoms with Gasteiger partial charge in [0.15, 0.2) is 0 Å². The lowest BCUT2D eigenvalue weighted by atomic mass is 9.84. The first-order valence-electron chi connectivity index (χ1n) is 24.2. The van der Waals surface area contributed by atoms with Gasteiger partial charge in [-0.3, -0.25) is 39.3 Å². The summed E-state index contributed by atoms with van der Waals surface area (Å²) in [5, 5.41) is 20.0. The number of benzene rings is 2. The summed E-state index contributed by atoms with van der Waals surface area (Å²) in [7, 11) is 4.81. The fourth-order valence-electron chi connectivity index (χ4n) is 10.3. The van der Waals surface area contributed by atoms with Crippen LogP contribution in [-0.2, 0) is 52.8 Å². The highest BCUT2D eigenvalue weighted by atomic mass is 16.5. The molecule has 0 radical (unpaired) electrons. The molecule has 16 heteroatoms. The molecule has 2 aromatic carbocycles.